The molecule has 1 aromatic rings. The van der Waals surface area contributed by atoms with Crippen LogP contribution in [0.2, 0.25) is 0 Å². The van der Waals surface area contributed by atoms with Crippen LogP contribution in [0.3, 0.4) is 0 Å². The van der Waals surface area contributed by atoms with E-state index in [0.717, 1.165) is 19.4 Å². The maximum absolute atomic E-state index is 12.0. The summed E-state index contributed by atoms with van der Waals surface area (Å²) >= 11 is 0. The number of carbonyl (C=O) groups excluding carboxylic acids is 1. The molecular formula is C16H25ClN2O. The first-order valence-corrected chi connectivity index (χ1v) is 7.30. The van der Waals surface area contributed by atoms with E-state index in [1.807, 2.05) is 6.92 Å². The standard InChI is InChI=1S/C16H24N2O.ClH/c1-3-13-6-8-14(9-7-13)12(2)18-16(19)11-15-5-4-10-17-15;/h6-9,12,15,17H,3-5,10-11H2,1-2H3,(H,18,19);1H. The number of hydrogen-bond donors (Lipinski definition) is 2. The zero-order chi connectivity index (χ0) is 13.7. The fourth-order valence-electron chi connectivity index (χ4n) is 2.58. The summed E-state index contributed by atoms with van der Waals surface area (Å²) in [7, 11) is 0. The highest BCUT2D eigenvalue weighted by molar-refractivity contribution is 5.85. The molecule has 2 atom stereocenters. The maximum Gasteiger partial charge on any atom is 0.222 e. The molecular weight excluding hydrogens is 272 g/mol. The van der Waals surface area contributed by atoms with Gasteiger partial charge < -0.3 is 10.6 Å². The summed E-state index contributed by atoms with van der Waals surface area (Å²) in [4.78, 5) is 12.0. The molecule has 2 unspecified atom stereocenters. The summed E-state index contributed by atoms with van der Waals surface area (Å²) in [6.07, 6.45) is 3.95. The first kappa shape index (κ1) is 17.0. The first-order valence-electron chi connectivity index (χ1n) is 7.30. The molecule has 1 aliphatic heterocycles. The third-order valence-corrected chi connectivity index (χ3v) is 3.86. The predicted octanol–water partition coefficient (Wildman–Crippen LogP) is 2.99. The van der Waals surface area contributed by atoms with Crippen LogP contribution >= 0.6 is 12.4 Å². The highest BCUT2D eigenvalue weighted by atomic mass is 35.5. The molecule has 112 valence electrons. The van der Waals surface area contributed by atoms with E-state index in [4.69, 9.17) is 0 Å². The monoisotopic (exact) mass is 296 g/mol. The van der Waals surface area contributed by atoms with E-state index >= 15 is 0 Å². The van der Waals surface area contributed by atoms with Gasteiger partial charge in [0.1, 0.15) is 0 Å². The molecule has 1 saturated heterocycles. The minimum atomic E-state index is 0. The summed E-state index contributed by atoms with van der Waals surface area (Å²) in [5, 5.41) is 6.44. The van der Waals surface area contributed by atoms with Crippen LogP contribution in [0.25, 0.3) is 0 Å². The Kier molecular flexibility index (Phi) is 7.03. The summed E-state index contributed by atoms with van der Waals surface area (Å²) in [6, 6.07) is 8.94. The SMILES string of the molecule is CCc1ccc(C(C)NC(=O)CC2CCCN2)cc1.Cl. The molecule has 4 heteroatoms. The van der Waals surface area contributed by atoms with Gasteiger partial charge in [0.25, 0.3) is 0 Å². The quantitative estimate of drug-likeness (QED) is 0.877. The van der Waals surface area contributed by atoms with Gasteiger partial charge >= 0.3 is 0 Å². The smallest absolute Gasteiger partial charge is 0.222 e. The molecule has 1 amide bonds. The van der Waals surface area contributed by atoms with E-state index in [9.17, 15) is 4.79 Å². The highest BCUT2D eigenvalue weighted by Gasteiger charge is 2.18. The van der Waals surface area contributed by atoms with Crippen molar-refractivity contribution < 1.29 is 4.79 Å². The predicted molar refractivity (Wildman–Crippen MR) is 85.3 cm³/mol. The third kappa shape index (κ3) is 4.80. The molecule has 2 N–H and O–H groups in total. The van der Waals surface area contributed by atoms with Crippen molar-refractivity contribution in [2.45, 2.75) is 51.6 Å². The van der Waals surface area contributed by atoms with Crippen molar-refractivity contribution in [1.29, 1.82) is 0 Å². The minimum absolute atomic E-state index is 0. The number of carbonyl (C=O) groups is 1. The number of nitrogens with one attached hydrogen (secondary N) is 2. The maximum atomic E-state index is 12.0. The molecule has 0 saturated carbocycles. The van der Waals surface area contributed by atoms with Crippen LogP contribution in [0.15, 0.2) is 24.3 Å². The van der Waals surface area contributed by atoms with Gasteiger partial charge in [-0.1, -0.05) is 31.2 Å². The summed E-state index contributed by atoms with van der Waals surface area (Å²) in [5.41, 5.74) is 2.50. The van der Waals surface area contributed by atoms with E-state index in [1.165, 1.54) is 17.5 Å². The van der Waals surface area contributed by atoms with Gasteiger partial charge in [-0.2, -0.15) is 0 Å². The van der Waals surface area contributed by atoms with Crippen molar-refractivity contribution in [3.05, 3.63) is 35.4 Å². The van der Waals surface area contributed by atoms with Crippen LogP contribution in [-0.4, -0.2) is 18.5 Å². The van der Waals surface area contributed by atoms with Gasteiger partial charge in [-0.15, -0.1) is 12.4 Å². The van der Waals surface area contributed by atoms with Gasteiger partial charge in [0.2, 0.25) is 5.91 Å². The fraction of sp³-hybridized carbons (Fsp3) is 0.562. The fourth-order valence-corrected chi connectivity index (χ4v) is 2.58. The summed E-state index contributed by atoms with van der Waals surface area (Å²) < 4.78 is 0. The second-order valence-electron chi connectivity index (χ2n) is 5.38. The van der Waals surface area contributed by atoms with Crippen molar-refractivity contribution in [2.24, 2.45) is 0 Å². The number of benzene rings is 1. The van der Waals surface area contributed by atoms with Gasteiger partial charge in [0.05, 0.1) is 6.04 Å². The average molecular weight is 297 g/mol. The number of aryl methyl sites for hydroxylation is 1. The van der Waals surface area contributed by atoms with E-state index in [2.05, 4.69) is 41.8 Å². The molecule has 1 aliphatic rings. The molecule has 2 rings (SSSR count). The number of halogens is 1. The lowest BCUT2D eigenvalue weighted by Crippen LogP contribution is -2.33. The van der Waals surface area contributed by atoms with Crippen molar-refractivity contribution in [3.8, 4) is 0 Å². The van der Waals surface area contributed by atoms with Crippen LogP contribution in [0.1, 0.15) is 50.3 Å². The highest BCUT2D eigenvalue weighted by Crippen LogP contribution is 2.15. The Balaban J connectivity index is 0.00000200. The molecule has 1 fully saturated rings. The van der Waals surface area contributed by atoms with Crippen molar-refractivity contribution in [2.75, 3.05) is 6.54 Å². The Morgan fingerprint density at radius 1 is 1.40 bits per heavy atom. The van der Waals surface area contributed by atoms with Crippen molar-refractivity contribution in [3.63, 3.8) is 0 Å². The largest absolute Gasteiger partial charge is 0.350 e. The van der Waals surface area contributed by atoms with Gasteiger partial charge in [-0.3, -0.25) is 4.79 Å². The van der Waals surface area contributed by atoms with Crippen LogP contribution in [0.4, 0.5) is 0 Å². The first-order chi connectivity index (χ1) is 9.19. The Labute approximate surface area is 127 Å². The molecule has 0 aromatic heterocycles. The average Bonchev–Trinajstić information content (AvgIpc) is 2.91. The zero-order valence-electron chi connectivity index (χ0n) is 12.3. The molecule has 0 bridgehead atoms. The van der Waals surface area contributed by atoms with E-state index in [0.29, 0.717) is 12.5 Å². The van der Waals surface area contributed by atoms with Crippen molar-refractivity contribution >= 4 is 18.3 Å². The van der Waals surface area contributed by atoms with Gasteiger partial charge in [-0.25, -0.2) is 0 Å². The lowest BCUT2D eigenvalue weighted by Gasteiger charge is -2.16. The van der Waals surface area contributed by atoms with Crippen LogP contribution < -0.4 is 10.6 Å². The topological polar surface area (TPSA) is 41.1 Å². The molecule has 1 heterocycles. The summed E-state index contributed by atoms with van der Waals surface area (Å²) in [6.45, 7) is 5.24. The zero-order valence-corrected chi connectivity index (χ0v) is 13.1. The second-order valence-corrected chi connectivity index (χ2v) is 5.38. The van der Waals surface area contributed by atoms with Gasteiger partial charge in [0.15, 0.2) is 0 Å². The van der Waals surface area contributed by atoms with Crippen LogP contribution in [-0.2, 0) is 11.2 Å². The van der Waals surface area contributed by atoms with E-state index in [-0.39, 0.29) is 24.4 Å². The van der Waals surface area contributed by atoms with E-state index < -0.39 is 0 Å². The molecule has 0 radical (unpaired) electrons. The van der Waals surface area contributed by atoms with Gasteiger partial charge in [0, 0.05) is 12.5 Å². The lowest BCUT2D eigenvalue weighted by molar-refractivity contribution is -0.122. The van der Waals surface area contributed by atoms with Gasteiger partial charge in [-0.05, 0) is 43.9 Å². The second kappa shape index (κ2) is 8.28. The molecule has 3 nitrogen and oxygen atoms in total. The molecule has 20 heavy (non-hydrogen) atoms. The van der Waals surface area contributed by atoms with Crippen LogP contribution in [0, 0.1) is 0 Å². The van der Waals surface area contributed by atoms with Crippen molar-refractivity contribution in [1.82, 2.24) is 10.6 Å². The minimum Gasteiger partial charge on any atom is -0.350 e. The summed E-state index contributed by atoms with van der Waals surface area (Å²) in [5.74, 6) is 0.145. The lowest BCUT2D eigenvalue weighted by atomic mass is 10.0. The Morgan fingerprint density at radius 2 is 2.10 bits per heavy atom. The number of rotatable bonds is 5. The molecule has 1 aromatic carbocycles. The Bertz CT molecular complexity index is 413. The number of hydrogen-bond acceptors (Lipinski definition) is 2. The van der Waals surface area contributed by atoms with Crippen LogP contribution in [0.5, 0.6) is 0 Å². The third-order valence-electron chi connectivity index (χ3n) is 3.86. The Morgan fingerprint density at radius 3 is 2.65 bits per heavy atom. The Hall–Kier alpha value is -1.06. The van der Waals surface area contributed by atoms with E-state index in [1.54, 1.807) is 0 Å². The number of amides is 1. The normalized spacial score (nSPS) is 19.2. The molecule has 0 spiro atoms. The molecule has 0 aliphatic carbocycles.